The van der Waals surface area contributed by atoms with Gasteiger partial charge in [-0.25, -0.2) is 0 Å². The number of piperidine rings is 1. The number of hydrogen-bond acceptors (Lipinski definition) is 5. The molecule has 118 valence electrons. The molecule has 0 spiro atoms. The number of ether oxygens (including phenoxy) is 2. The average molecular weight is 302 g/mol. The molecule has 0 radical (unpaired) electrons. The van der Waals surface area contributed by atoms with Crippen LogP contribution in [0.3, 0.4) is 0 Å². The van der Waals surface area contributed by atoms with Gasteiger partial charge in [0.05, 0.1) is 13.3 Å². The van der Waals surface area contributed by atoms with Crippen molar-refractivity contribution < 1.29 is 9.47 Å². The van der Waals surface area contributed by atoms with Gasteiger partial charge in [-0.3, -0.25) is 5.10 Å². The molecule has 0 aliphatic carbocycles. The highest BCUT2D eigenvalue weighted by atomic mass is 16.5. The number of hydrogen-bond donors (Lipinski definition) is 2. The summed E-state index contributed by atoms with van der Waals surface area (Å²) in [5.41, 5.74) is 7.63. The van der Waals surface area contributed by atoms with E-state index in [-0.39, 0.29) is 6.10 Å². The van der Waals surface area contributed by atoms with E-state index in [1.807, 2.05) is 18.2 Å². The van der Waals surface area contributed by atoms with Crippen LogP contribution in [0.5, 0.6) is 11.5 Å². The van der Waals surface area contributed by atoms with Crippen molar-refractivity contribution in [2.24, 2.45) is 0 Å². The third-order valence-corrected chi connectivity index (χ3v) is 4.02. The van der Waals surface area contributed by atoms with E-state index < -0.39 is 0 Å². The fourth-order valence-electron chi connectivity index (χ4n) is 2.94. The van der Waals surface area contributed by atoms with Crippen LogP contribution in [0, 0.1) is 0 Å². The second-order valence-corrected chi connectivity index (χ2v) is 5.68. The minimum atomic E-state index is 0.185. The SMILES string of the molecule is COc1c(OC2CCCN(C)C2)cccc1-c1cn[nH]c1N. The fourth-order valence-corrected chi connectivity index (χ4v) is 2.94. The number of benzene rings is 1. The number of likely N-dealkylation sites (N-methyl/N-ethyl adjacent to an activating group) is 1. The lowest BCUT2D eigenvalue weighted by Crippen LogP contribution is -2.38. The quantitative estimate of drug-likeness (QED) is 0.905. The van der Waals surface area contributed by atoms with Crippen LogP contribution < -0.4 is 15.2 Å². The molecule has 1 unspecified atom stereocenters. The first-order chi connectivity index (χ1) is 10.7. The molecule has 2 aromatic rings. The normalized spacial score (nSPS) is 19.1. The number of nitrogen functional groups attached to an aromatic ring is 1. The molecule has 1 atom stereocenters. The number of aromatic nitrogens is 2. The van der Waals surface area contributed by atoms with Crippen molar-refractivity contribution in [3.8, 4) is 22.6 Å². The lowest BCUT2D eigenvalue weighted by molar-refractivity contribution is 0.101. The van der Waals surface area contributed by atoms with Crippen molar-refractivity contribution in [2.75, 3.05) is 33.0 Å². The summed E-state index contributed by atoms with van der Waals surface area (Å²) in [6, 6.07) is 5.85. The Bertz CT molecular complexity index is 641. The number of nitrogens with zero attached hydrogens (tertiary/aromatic N) is 2. The smallest absolute Gasteiger partial charge is 0.168 e. The highest BCUT2D eigenvalue weighted by Gasteiger charge is 2.22. The van der Waals surface area contributed by atoms with E-state index in [4.69, 9.17) is 15.2 Å². The number of likely N-dealkylation sites (tertiary alicyclic amines) is 1. The largest absolute Gasteiger partial charge is 0.492 e. The van der Waals surface area contributed by atoms with Gasteiger partial charge < -0.3 is 20.1 Å². The van der Waals surface area contributed by atoms with Crippen LogP contribution in [0.15, 0.2) is 24.4 Å². The Labute approximate surface area is 130 Å². The number of aromatic amines is 1. The molecule has 1 aromatic heterocycles. The van der Waals surface area contributed by atoms with Gasteiger partial charge in [-0.2, -0.15) is 5.10 Å². The maximum absolute atomic E-state index is 6.19. The summed E-state index contributed by atoms with van der Waals surface area (Å²) in [6.45, 7) is 2.06. The lowest BCUT2D eigenvalue weighted by Gasteiger charge is -2.30. The Balaban J connectivity index is 1.90. The minimum absolute atomic E-state index is 0.185. The van der Waals surface area contributed by atoms with Crippen LogP contribution in [0.1, 0.15) is 12.8 Å². The van der Waals surface area contributed by atoms with Gasteiger partial charge in [-0.15, -0.1) is 0 Å². The number of anilines is 1. The lowest BCUT2D eigenvalue weighted by atomic mass is 10.1. The third-order valence-electron chi connectivity index (χ3n) is 4.02. The molecule has 0 saturated carbocycles. The van der Waals surface area contributed by atoms with Crippen LogP contribution in [-0.2, 0) is 0 Å². The summed E-state index contributed by atoms with van der Waals surface area (Å²) >= 11 is 0. The predicted octanol–water partition coefficient (Wildman–Crippen LogP) is 2.14. The Morgan fingerprint density at radius 2 is 2.23 bits per heavy atom. The summed E-state index contributed by atoms with van der Waals surface area (Å²) in [5.74, 6) is 1.97. The van der Waals surface area contributed by atoms with E-state index in [0.29, 0.717) is 11.6 Å². The first-order valence-electron chi connectivity index (χ1n) is 7.50. The number of H-pyrrole nitrogens is 1. The van der Waals surface area contributed by atoms with Crippen molar-refractivity contribution in [3.63, 3.8) is 0 Å². The average Bonchev–Trinajstić information content (AvgIpc) is 2.93. The Morgan fingerprint density at radius 1 is 1.36 bits per heavy atom. The van der Waals surface area contributed by atoms with Gasteiger partial charge in [0, 0.05) is 17.7 Å². The molecular formula is C16H22N4O2. The second kappa shape index (κ2) is 6.27. The zero-order chi connectivity index (χ0) is 15.5. The number of para-hydroxylation sites is 1. The molecule has 0 bridgehead atoms. The molecule has 0 amide bonds. The van der Waals surface area contributed by atoms with Gasteiger partial charge >= 0.3 is 0 Å². The molecular weight excluding hydrogens is 280 g/mol. The first-order valence-corrected chi connectivity index (χ1v) is 7.50. The van der Waals surface area contributed by atoms with Gasteiger partial charge in [0.2, 0.25) is 0 Å². The minimum Gasteiger partial charge on any atom is -0.492 e. The molecule has 2 heterocycles. The highest BCUT2D eigenvalue weighted by Crippen LogP contribution is 2.40. The van der Waals surface area contributed by atoms with Gasteiger partial charge in [-0.05, 0) is 32.5 Å². The van der Waals surface area contributed by atoms with Gasteiger partial charge in [-0.1, -0.05) is 12.1 Å². The van der Waals surface area contributed by atoms with E-state index in [2.05, 4.69) is 22.1 Å². The van der Waals surface area contributed by atoms with E-state index in [1.165, 1.54) is 0 Å². The van der Waals surface area contributed by atoms with Gasteiger partial charge in [0.15, 0.2) is 11.5 Å². The van der Waals surface area contributed by atoms with E-state index in [9.17, 15) is 0 Å². The molecule has 1 aromatic carbocycles. The highest BCUT2D eigenvalue weighted by molar-refractivity contribution is 5.80. The molecule has 3 rings (SSSR count). The van der Waals surface area contributed by atoms with Crippen LogP contribution in [0.4, 0.5) is 5.82 Å². The number of nitrogens with one attached hydrogen (secondary N) is 1. The number of nitrogens with two attached hydrogens (primary N) is 1. The van der Waals surface area contributed by atoms with Gasteiger partial charge in [0.1, 0.15) is 11.9 Å². The molecule has 22 heavy (non-hydrogen) atoms. The van der Waals surface area contributed by atoms with E-state index in [1.54, 1.807) is 13.3 Å². The Morgan fingerprint density at radius 3 is 2.91 bits per heavy atom. The van der Waals surface area contributed by atoms with Crippen molar-refractivity contribution in [2.45, 2.75) is 18.9 Å². The Hall–Kier alpha value is -2.21. The molecule has 1 saturated heterocycles. The standard InChI is InChI=1S/C16H22N4O2/c1-20-8-4-5-11(10-20)22-14-7-3-6-12(15(14)21-2)13-9-18-19-16(13)17/h3,6-7,9,11H,4-5,8,10H2,1-2H3,(H3,17,18,19). The van der Waals surface area contributed by atoms with Gasteiger partial charge in [0.25, 0.3) is 0 Å². The zero-order valence-corrected chi connectivity index (χ0v) is 13.0. The summed E-state index contributed by atoms with van der Waals surface area (Å²) in [6.07, 6.45) is 4.10. The Kier molecular flexibility index (Phi) is 4.20. The van der Waals surface area contributed by atoms with E-state index >= 15 is 0 Å². The maximum atomic E-state index is 6.19. The first kappa shape index (κ1) is 14.7. The van der Waals surface area contributed by atoms with Crippen molar-refractivity contribution in [1.82, 2.24) is 15.1 Å². The zero-order valence-electron chi connectivity index (χ0n) is 13.0. The summed E-state index contributed by atoms with van der Waals surface area (Å²) in [4.78, 5) is 2.29. The molecule has 6 nitrogen and oxygen atoms in total. The topological polar surface area (TPSA) is 76.4 Å². The predicted molar refractivity (Wildman–Crippen MR) is 86.1 cm³/mol. The van der Waals surface area contributed by atoms with Crippen LogP contribution >= 0.6 is 0 Å². The molecule has 1 aliphatic heterocycles. The fraction of sp³-hybridized carbons (Fsp3) is 0.438. The third kappa shape index (κ3) is 2.87. The van der Waals surface area contributed by atoms with Crippen molar-refractivity contribution >= 4 is 5.82 Å². The second-order valence-electron chi connectivity index (χ2n) is 5.68. The molecule has 6 heteroatoms. The number of methoxy groups -OCH3 is 1. The van der Waals surface area contributed by atoms with Crippen LogP contribution in [0.2, 0.25) is 0 Å². The summed E-state index contributed by atoms with van der Waals surface area (Å²) in [7, 11) is 3.77. The van der Waals surface area contributed by atoms with Crippen LogP contribution in [0.25, 0.3) is 11.1 Å². The van der Waals surface area contributed by atoms with E-state index in [0.717, 1.165) is 42.8 Å². The monoisotopic (exact) mass is 302 g/mol. The number of rotatable bonds is 4. The molecule has 3 N–H and O–H groups in total. The molecule has 1 aliphatic rings. The summed E-state index contributed by atoms with van der Waals surface area (Å²) < 4.78 is 11.8. The van der Waals surface area contributed by atoms with Crippen molar-refractivity contribution in [1.29, 1.82) is 0 Å². The van der Waals surface area contributed by atoms with Crippen molar-refractivity contribution in [3.05, 3.63) is 24.4 Å². The molecule has 1 fully saturated rings. The summed E-state index contributed by atoms with van der Waals surface area (Å²) in [5, 5.41) is 6.73. The van der Waals surface area contributed by atoms with Crippen LogP contribution in [-0.4, -0.2) is 48.4 Å². The maximum Gasteiger partial charge on any atom is 0.168 e.